The van der Waals surface area contributed by atoms with E-state index in [-0.39, 0.29) is 0 Å². The zero-order valence-electron chi connectivity index (χ0n) is 12.1. The zero-order valence-corrected chi connectivity index (χ0v) is 12.1. The molecule has 1 aromatic rings. The normalized spacial score (nSPS) is 10.8. The van der Waals surface area contributed by atoms with E-state index >= 15 is 0 Å². The molecule has 18 heavy (non-hydrogen) atoms. The van der Waals surface area contributed by atoms with Crippen molar-refractivity contribution in [2.75, 3.05) is 0 Å². The molecular weight excluding hydrogens is 220 g/mol. The number of unbranched alkanes of at least 4 members (excludes halogenated alkanes) is 6. The summed E-state index contributed by atoms with van der Waals surface area (Å²) < 4.78 is 0. The van der Waals surface area contributed by atoms with E-state index in [9.17, 15) is 0 Å². The van der Waals surface area contributed by atoms with Crippen LogP contribution in [0.4, 0.5) is 0 Å². The van der Waals surface area contributed by atoms with Gasteiger partial charge in [0.1, 0.15) is 0 Å². The van der Waals surface area contributed by atoms with E-state index in [1.165, 1.54) is 62.8 Å². The maximum absolute atomic E-state index is 4.51. The van der Waals surface area contributed by atoms with Crippen molar-refractivity contribution in [1.29, 1.82) is 0 Å². The summed E-state index contributed by atoms with van der Waals surface area (Å²) in [5.41, 5.74) is 2.48. The summed E-state index contributed by atoms with van der Waals surface area (Å²) in [6.07, 6.45) is 16.3. The fraction of sp³-hybridized carbons (Fsp3) is 0.750. The number of aryl methyl sites for hydroxylation is 2. The van der Waals surface area contributed by atoms with Gasteiger partial charge in [-0.05, 0) is 25.7 Å². The highest BCUT2D eigenvalue weighted by Gasteiger charge is 2.04. The van der Waals surface area contributed by atoms with Gasteiger partial charge in [-0.3, -0.25) is 9.97 Å². The standard InChI is InChI=1S/C16H28N2/c1-3-5-7-9-11-15-16(18-14-13-17-15)12-10-8-6-4-2/h13-14H,3-12H2,1-2H3. The van der Waals surface area contributed by atoms with Gasteiger partial charge in [-0.2, -0.15) is 0 Å². The summed E-state index contributed by atoms with van der Waals surface area (Å²) in [5.74, 6) is 0. The molecule has 0 unspecified atom stereocenters. The first-order valence-electron chi connectivity index (χ1n) is 7.67. The van der Waals surface area contributed by atoms with Gasteiger partial charge in [-0.25, -0.2) is 0 Å². The highest BCUT2D eigenvalue weighted by molar-refractivity contribution is 5.10. The molecule has 0 atom stereocenters. The molecule has 0 aromatic carbocycles. The minimum atomic E-state index is 1.11. The molecule has 1 heterocycles. The second kappa shape index (κ2) is 10.0. The van der Waals surface area contributed by atoms with Crippen molar-refractivity contribution in [1.82, 2.24) is 9.97 Å². The van der Waals surface area contributed by atoms with E-state index in [0.717, 1.165) is 12.8 Å². The summed E-state index contributed by atoms with van der Waals surface area (Å²) in [5, 5.41) is 0. The van der Waals surface area contributed by atoms with Crippen LogP contribution in [0.5, 0.6) is 0 Å². The highest BCUT2D eigenvalue weighted by Crippen LogP contribution is 2.12. The van der Waals surface area contributed by atoms with Crippen molar-refractivity contribution in [2.24, 2.45) is 0 Å². The zero-order chi connectivity index (χ0) is 13.1. The predicted molar refractivity (Wildman–Crippen MR) is 77.7 cm³/mol. The largest absolute Gasteiger partial charge is 0.258 e. The van der Waals surface area contributed by atoms with Gasteiger partial charge in [-0.15, -0.1) is 0 Å². The highest BCUT2D eigenvalue weighted by atomic mass is 14.8. The SMILES string of the molecule is CCCCCCc1nccnc1CCCCCC. The van der Waals surface area contributed by atoms with Gasteiger partial charge in [0.15, 0.2) is 0 Å². The number of rotatable bonds is 10. The maximum Gasteiger partial charge on any atom is 0.0618 e. The Labute approximate surface area is 112 Å². The average molecular weight is 248 g/mol. The third-order valence-electron chi connectivity index (χ3n) is 3.39. The van der Waals surface area contributed by atoms with E-state index in [4.69, 9.17) is 0 Å². The van der Waals surface area contributed by atoms with Gasteiger partial charge in [0.2, 0.25) is 0 Å². The van der Waals surface area contributed by atoms with Crippen LogP contribution in [0.25, 0.3) is 0 Å². The maximum atomic E-state index is 4.51. The summed E-state index contributed by atoms with van der Waals surface area (Å²) in [7, 11) is 0. The van der Waals surface area contributed by atoms with Crippen molar-refractivity contribution in [3.63, 3.8) is 0 Å². The Balaban J connectivity index is 2.36. The van der Waals surface area contributed by atoms with Crippen LogP contribution in [0.3, 0.4) is 0 Å². The second-order valence-electron chi connectivity index (χ2n) is 5.07. The molecule has 0 spiro atoms. The van der Waals surface area contributed by atoms with E-state index in [2.05, 4.69) is 23.8 Å². The van der Waals surface area contributed by atoms with Crippen LogP contribution in [-0.2, 0) is 12.8 Å². The Morgan fingerprint density at radius 2 is 1.11 bits per heavy atom. The minimum Gasteiger partial charge on any atom is -0.258 e. The van der Waals surface area contributed by atoms with Crippen molar-refractivity contribution in [3.8, 4) is 0 Å². The van der Waals surface area contributed by atoms with Gasteiger partial charge in [0.25, 0.3) is 0 Å². The molecule has 2 heteroatoms. The summed E-state index contributed by atoms with van der Waals surface area (Å²) >= 11 is 0. The number of hydrogen-bond acceptors (Lipinski definition) is 2. The number of nitrogens with zero attached hydrogens (tertiary/aromatic N) is 2. The van der Waals surface area contributed by atoms with Crippen LogP contribution >= 0.6 is 0 Å². The Bertz CT molecular complexity index is 279. The summed E-state index contributed by atoms with van der Waals surface area (Å²) in [4.78, 5) is 9.03. The van der Waals surface area contributed by atoms with Crippen LogP contribution in [0.1, 0.15) is 76.6 Å². The third-order valence-corrected chi connectivity index (χ3v) is 3.39. The van der Waals surface area contributed by atoms with Crippen molar-refractivity contribution in [2.45, 2.75) is 78.1 Å². The van der Waals surface area contributed by atoms with E-state index in [1.54, 1.807) is 0 Å². The Morgan fingerprint density at radius 3 is 1.50 bits per heavy atom. The van der Waals surface area contributed by atoms with Gasteiger partial charge >= 0.3 is 0 Å². The van der Waals surface area contributed by atoms with Crippen LogP contribution < -0.4 is 0 Å². The molecular formula is C16H28N2. The van der Waals surface area contributed by atoms with Crippen molar-refractivity contribution in [3.05, 3.63) is 23.8 Å². The number of aromatic nitrogens is 2. The molecule has 0 aliphatic heterocycles. The molecule has 0 radical (unpaired) electrons. The molecule has 0 aliphatic rings. The molecule has 2 nitrogen and oxygen atoms in total. The number of hydrogen-bond donors (Lipinski definition) is 0. The van der Waals surface area contributed by atoms with Crippen molar-refractivity contribution < 1.29 is 0 Å². The van der Waals surface area contributed by atoms with Gasteiger partial charge in [0, 0.05) is 12.4 Å². The van der Waals surface area contributed by atoms with Gasteiger partial charge < -0.3 is 0 Å². The molecule has 0 saturated carbocycles. The lowest BCUT2D eigenvalue weighted by Crippen LogP contribution is -2.01. The van der Waals surface area contributed by atoms with Crippen molar-refractivity contribution >= 4 is 0 Å². The van der Waals surface area contributed by atoms with Crippen LogP contribution in [-0.4, -0.2) is 9.97 Å². The van der Waals surface area contributed by atoms with E-state index in [0.29, 0.717) is 0 Å². The molecule has 0 saturated heterocycles. The minimum absolute atomic E-state index is 1.11. The van der Waals surface area contributed by atoms with Gasteiger partial charge in [-0.1, -0.05) is 52.4 Å². The molecule has 0 amide bonds. The molecule has 0 aliphatic carbocycles. The van der Waals surface area contributed by atoms with Crippen LogP contribution in [0.2, 0.25) is 0 Å². The molecule has 102 valence electrons. The van der Waals surface area contributed by atoms with Gasteiger partial charge in [0.05, 0.1) is 11.4 Å². The smallest absolute Gasteiger partial charge is 0.0618 e. The summed E-state index contributed by atoms with van der Waals surface area (Å²) in [6, 6.07) is 0. The van der Waals surface area contributed by atoms with E-state index < -0.39 is 0 Å². The average Bonchev–Trinajstić information content (AvgIpc) is 2.41. The summed E-state index contributed by atoms with van der Waals surface area (Å²) in [6.45, 7) is 4.50. The third kappa shape index (κ3) is 6.13. The lowest BCUT2D eigenvalue weighted by atomic mass is 10.1. The molecule has 1 rings (SSSR count). The first-order valence-corrected chi connectivity index (χ1v) is 7.67. The fourth-order valence-corrected chi connectivity index (χ4v) is 2.25. The van der Waals surface area contributed by atoms with Crippen LogP contribution in [0.15, 0.2) is 12.4 Å². The topological polar surface area (TPSA) is 25.8 Å². The predicted octanol–water partition coefficient (Wildman–Crippen LogP) is 4.72. The lowest BCUT2D eigenvalue weighted by molar-refractivity contribution is 0.636. The van der Waals surface area contributed by atoms with E-state index in [1.807, 2.05) is 12.4 Å². The molecule has 1 aromatic heterocycles. The Hall–Kier alpha value is -0.920. The van der Waals surface area contributed by atoms with Crippen LogP contribution in [0, 0.1) is 0 Å². The lowest BCUT2D eigenvalue weighted by Gasteiger charge is -2.07. The molecule has 0 N–H and O–H groups in total. The quantitative estimate of drug-likeness (QED) is 0.560. The monoisotopic (exact) mass is 248 g/mol. The fourth-order valence-electron chi connectivity index (χ4n) is 2.25. The molecule has 0 fully saturated rings. The second-order valence-corrected chi connectivity index (χ2v) is 5.07. The Morgan fingerprint density at radius 1 is 0.667 bits per heavy atom. The first-order chi connectivity index (χ1) is 8.88. The Kier molecular flexibility index (Phi) is 8.45. The first kappa shape index (κ1) is 15.1. The molecule has 0 bridgehead atoms.